The Labute approximate surface area is 369 Å². The number of amides is 6. The average molecular weight is 878 g/mol. The third kappa shape index (κ3) is 14.0. The number of carbonyl (C=O) groups is 7. The van der Waals surface area contributed by atoms with Gasteiger partial charge in [0.05, 0.1) is 13.2 Å². The standard InChI is InChI=1S/C46H67N7O10/c1-5-6-7-8-9-10-11-12-13-14-15-16-17-18-38(58)52(3)34(28-54)43(61)50-41(47)45(63)48-27-39(59)53(4)40-31-20-22-36(56)33(24-31)32-23-30(19-21-35(32)55)25-46(26-37(46)57)51-42(60)29(2)49-44(40)62/h19-24,29,34,40-41,54-56H,5-18,25-28,47H2,1-4H3,(H,48,63)(H,49,62)(H,50,61)(H,51,60)/t29-,34+,40-,41-,46?/m0/s1. The summed E-state index contributed by atoms with van der Waals surface area (Å²) < 4.78 is 0. The topological polar surface area (TPSA) is 261 Å². The number of aliphatic hydroxyl groups excluding tert-OH is 1. The molecule has 1 unspecified atom stereocenters. The van der Waals surface area contributed by atoms with E-state index in [1.54, 1.807) is 12.1 Å². The molecule has 0 aromatic heterocycles. The Bertz CT molecular complexity index is 1960. The number of likely N-dealkylation sites (N-methyl/N-ethyl adjacent to an activating group) is 2. The first-order chi connectivity index (χ1) is 30.0. The minimum absolute atomic E-state index is 0.0631. The average Bonchev–Trinajstić information content (AvgIpc) is 3.88. The van der Waals surface area contributed by atoms with Crippen LogP contribution in [0.3, 0.4) is 0 Å². The van der Waals surface area contributed by atoms with Crippen molar-refractivity contribution in [1.29, 1.82) is 0 Å². The van der Waals surface area contributed by atoms with Gasteiger partial charge in [-0.15, -0.1) is 0 Å². The molecule has 4 rings (SSSR count). The van der Waals surface area contributed by atoms with Gasteiger partial charge in [0.1, 0.15) is 35.2 Å². The number of phenolic OH excluding ortho intramolecular Hbond substituents is 2. The first-order valence-electron chi connectivity index (χ1n) is 22.3. The van der Waals surface area contributed by atoms with E-state index in [0.29, 0.717) is 12.0 Å². The lowest BCUT2D eigenvalue weighted by Crippen LogP contribution is -2.59. The van der Waals surface area contributed by atoms with Gasteiger partial charge >= 0.3 is 0 Å². The molecule has 2 aromatic rings. The number of Topliss-reactive ketones (excluding diaryl/α,β-unsaturated/α-hetero) is 1. The number of nitrogens with zero attached hydrogens (tertiary/aromatic N) is 2. The van der Waals surface area contributed by atoms with Gasteiger partial charge in [-0.05, 0) is 48.7 Å². The van der Waals surface area contributed by atoms with Crippen LogP contribution in [0.25, 0.3) is 11.1 Å². The van der Waals surface area contributed by atoms with Crippen molar-refractivity contribution in [2.24, 2.45) is 5.73 Å². The summed E-state index contributed by atoms with van der Waals surface area (Å²) in [5.74, 6) is -5.12. The molecule has 1 heterocycles. The predicted octanol–water partition coefficient (Wildman–Crippen LogP) is 2.97. The minimum Gasteiger partial charge on any atom is -0.507 e. The molecule has 1 fully saturated rings. The highest BCUT2D eigenvalue weighted by Crippen LogP contribution is 2.41. The monoisotopic (exact) mass is 877 g/mol. The fourth-order valence-corrected chi connectivity index (χ4v) is 7.88. The van der Waals surface area contributed by atoms with E-state index in [4.69, 9.17) is 5.73 Å². The number of unbranched alkanes of at least 4 members (excludes halogenated alkanes) is 12. The number of benzene rings is 2. The molecule has 17 nitrogen and oxygen atoms in total. The summed E-state index contributed by atoms with van der Waals surface area (Å²) in [6.07, 6.45) is 13.7. The SMILES string of the molecule is CCCCCCCCCCCCCCCC(=O)N(C)[C@H](CO)C(=O)N[C@H](N)C(=O)NCC(=O)N(C)[C@@H]1C(=O)N[C@@H](C)C(=O)NC2(CC2=O)Cc2ccc(O)c(c2)-c2cc1ccc2O. The van der Waals surface area contributed by atoms with E-state index in [9.17, 15) is 48.9 Å². The van der Waals surface area contributed by atoms with Gasteiger partial charge in [-0.1, -0.05) is 96.1 Å². The number of nitrogens with two attached hydrogens (primary N) is 1. The Morgan fingerprint density at radius 2 is 1.35 bits per heavy atom. The van der Waals surface area contributed by atoms with Gasteiger partial charge < -0.3 is 52.1 Å². The Balaban J connectivity index is 1.32. The third-order valence-electron chi connectivity index (χ3n) is 12.0. The van der Waals surface area contributed by atoms with E-state index in [1.165, 1.54) is 103 Å². The van der Waals surface area contributed by atoms with Crippen molar-refractivity contribution in [2.45, 2.75) is 146 Å². The number of aromatic hydroxyl groups is 2. The summed E-state index contributed by atoms with van der Waals surface area (Å²) in [5, 5.41) is 41.7. The number of ketones is 1. The van der Waals surface area contributed by atoms with Crippen LogP contribution in [0.5, 0.6) is 11.5 Å². The van der Waals surface area contributed by atoms with E-state index in [0.717, 1.165) is 29.1 Å². The van der Waals surface area contributed by atoms with Crippen LogP contribution in [-0.4, -0.2) is 117 Å². The molecule has 1 spiro atoms. The second kappa shape index (κ2) is 23.8. The third-order valence-corrected chi connectivity index (χ3v) is 12.0. The highest BCUT2D eigenvalue weighted by Gasteiger charge is 2.55. The number of fused-ring (bicyclic) bond motifs is 5. The molecule has 1 saturated carbocycles. The highest BCUT2D eigenvalue weighted by atomic mass is 16.3. The van der Waals surface area contributed by atoms with Crippen LogP contribution < -0.4 is 27.0 Å². The number of hydrogen-bond donors (Lipinski definition) is 8. The lowest BCUT2D eigenvalue weighted by Gasteiger charge is -2.30. The normalized spacial score (nSPS) is 19.2. The predicted molar refractivity (Wildman–Crippen MR) is 236 cm³/mol. The van der Waals surface area contributed by atoms with Crippen LogP contribution >= 0.6 is 0 Å². The quantitative estimate of drug-likeness (QED) is 0.0630. The molecule has 2 aliphatic rings. The Kier molecular flexibility index (Phi) is 18.9. The second-order valence-electron chi connectivity index (χ2n) is 17.0. The van der Waals surface area contributed by atoms with E-state index in [1.807, 2.05) is 0 Å². The van der Waals surface area contributed by atoms with Crippen molar-refractivity contribution in [3.63, 3.8) is 0 Å². The number of carbonyl (C=O) groups excluding carboxylic acids is 7. The Morgan fingerprint density at radius 3 is 1.92 bits per heavy atom. The number of rotatable bonds is 22. The van der Waals surface area contributed by atoms with Crippen LogP contribution in [0.4, 0.5) is 0 Å². The van der Waals surface area contributed by atoms with Crippen molar-refractivity contribution < 1.29 is 48.9 Å². The van der Waals surface area contributed by atoms with Crippen LogP contribution in [0.2, 0.25) is 0 Å². The lowest BCUT2D eigenvalue weighted by atomic mass is 9.93. The van der Waals surface area contributed by atoms with Gasteiger partial charge in [0.15, 0.2) is 11.9 Å². The summed E-state index contributed by atoms with van der Waals surface area (Å²) in [7, 11) is 2.68. The fraction of sp³-hybridized carbons (Fsp3) is 0.587. The van der Waals surface area contributed by atoms with E-state index in [2.05, 4.69) is 28.2 Å². The molecule has 346 valence electrons. The Hall–Kier alpha value is -5.55. The minimum atomic E-state index is -1.68. The molecule has 0 saturated heterocycles. The number of phenols is 2. The van der Waals surface area contributed by atoms with Crippen LogP contribution in [0.15, 0.2) is 36.4 Å². The first kappa shape index (κ1) is 50.1. The summed E-state index contributed by atoms with van der Waals surface area (Å²) in [6.45, 7) is 2.22. The smallest absolute Gasteiger partial charge is 0.257 e. The molecule has 6 amide bonds. The maximum absolute atomic E-state index is 13.9. The maximum Gasteiger partial charge on any atom is 0.257 e. The van der Waals surface area contributed by atoms with Gasteiger partial charge in [0.2, 0.25) is 29.5 Å². The number of hydrogen-bond acceptors (Lipinski definition) is 11. The van der Waals surface area contributed by atoms with Gasteiger partial charge in [0, 0.05) is 44.5 Å². The summed E-state index contributed by atoms with van der Waals surface area (Å²) >= 11 is 0. The summed E-state index contributed by atoms with van der Waals surface area (Å²) in [6, 6.07) is 4.75. The van der Waals surface area contributed by atoms with E-state index >= 15 is 0 Å². The molecule has 4 bridgehead atoms. The second-order valence-corrected chi connectivity index (χ2v) is 17.0. The molecule has 9 N–H and O–H groups in total. The van der Waals surface area contributed by atoms with Gasteiger partial charge in [-0.3, -0.25) is 33.6 Å². The lowest BCUT2D eigenvalue weighted by molar-refractivity contribution is -0.142. The van der Waals surface area contributed by atoms with Gasteiger partial charge in [-0.25, -0.2) is 0 Å². The molecule has 17 heteroatoms. The number of nitrogens with one attached hydrogen (secondary N) is 4. The molecular formula is C46H67N7O10. The van der Waals surface area contributed by atoms with Crippen molar-refractivity contribution in [3.05, 3.63) is 47.5 Å². The largest absolute Gasteiger partial charge is 0.507 e. The van der Waals surface area contributed by atoms with Crippen molar-refractivity contribution >= 4 is 41.2 Å². The van der Waals surface area contributed by atoms with Crippen LogP contribution in [0, 0.1) is 0 Å². The molecular weight excluding hydrogens is 811 g/mol. The number of aliphatic hydroxyl groups is 1. The first-order valence-corrected chi connectivity index (χ1v) is 22.3. The zero-order valence-corrected chi connectivity index (χ0v) is 37.2. The molecule has 5 atom stereocenters. The molecule has 63 heavy (non-hydrogen) atoms. The van der Waals surface area contributed by atoms with Crippen molar-refractivity contribution in [3.8, 4) is 22.6 Å². The molecule has 1 aliphatic carbocycles. The maximum atomic E-state index is 13.9. The van der Waals surface area contributed by atoms with Crippen LogP contribution in [-0.2, 0) is 40.0 Å². The van der Waals surface area contributed by atoms with E-state index < -0.39 is 72.5 Å². The fourth-order valence-electron chi connectivity index (χ4n) is 7.88. The summed E-state index contributed by atoms with van der Waals surface area (Å²) in [5.41, 5.74) is 5.82. The molecule has 0 radical (unpaired) electrons. The zero-order valence-electron chi connectivity index (χ0n) is 37.2. The molecule has 1 aliphatic heterocycles. The molecule has 2 aromatic carbocycles. The van der Waals surface area contributed by atoms with Crippen molar-refractivity contribution in [1.82, 2.24) is 31.1 Å². The van der Waals surface area contributed by atoms with Gasteiger partial charge in [0.25, 0.3) is 5.91 Å². The zero-order chi connectivity index (χ0) is 46.3. The highest BCUT2D eigenvalue weighted by molar-refractivity contribution is 6.09. The van der Waals surface area contributed by atoms with Gasteiger partial charge in [-0.2, -0.15) is 0 Å². The van der Waals surface area contributed by atoms with Crippen molar-refractivity contribution in [2.75, 3.05) is 27.2 Å². The van der Waals surface area contributed by atoms with E-state index in [-0.39, 0.29) is 59.1 Å². The summed E-state index contributed by atoms with van der Waals surface area (Å²) in [4.78, 5) is 94.5. The van der Waals surface area contributed by atoms with Crippen LogP contribution in [0.1, 0.15) is 127 Å². The Morgan fingerprint density at radius 1 is 0.794 bits per heavy atom.